The Morgan fingerprint density at radius 1 is 1.03 bits per heavy atom. The lowest BCUT2D eigenvalue weighted by Gasteiger charge is -2.29. The Bertz CT molecular complexity index is 959. The normalized spacial score (nSPS) is 26.7. The number of ether oxygens (including phenoxy) is 2. The van der Waals surface area contributed by atoms with E-state index in [1.807, 2.05) is 36.4 Å². The Labute approximate surface area is 190 Å². The maximum atomic E-state index is 12.9. The summed E-state index contributed by atoms with van der Waals surface area (Å²) in [5.74, 6) is -2.27. The van der Waals surface area contributed by atoms with Crippen molar-refractivity contribution in [3.63, 3.8) is 0 Å². The van der Waals surface area contributed by atoms with Crippen LogP contribution in [-0.4, -0.2) is 31.8 Å². The SMILES string of the molecule is CCOC(=O)[C@@H]1[C@@H](C(=O)OCC)C12CON(c1ccccc1)[C@H]2c1ccc(Cl)cc1Cl. The van der Waals surface area contributed by atoms with Crippen LogP contribution in [0.5, 0.6) is 0 Å². The van der Waals surface area contributed by atoms with Gasteiger partial charge in [-0.3, -0.25) is 14.4 Å². The molecule has 164 valence electrons. The second-order valence-corrected chi connectivity index (χ2v) is 8.42. The first kappa shape index (κ1) is 21.9. The Morgan fingerprint density at radius 2 is 1.65 bits per heavy atom. The molecule has 0 bridgehead atoms. The number of rotatable bonds is 6. The summed E-state index contributed by atoms with van der Waals surface area (Å²) in [7, 11) is 0. The highest BCUT2D eigenvalue weighted by atomic mass is 35.5. The average Bonchev–Trinajstić information content (AvgIpc) is 3.27. The van der Waals surface area contributed by atoms with E-state index >= 15 is 0 Å². The minimum atomic E-state index is -0.869. The number of benzene rings is 2. The quantitative estimate of drug-likeness (QED) is 0.570. The molecule has 0 radical (unpaired) electrons. The third-order valence-electron chi connectivity index (χ3n) is 5.93. The van der Waals surface area contributed by atoms with Crippen molar-refractivity contribution in [3.8, 4) is 0 Å². The van der Waals surface area contributed by atoms with Crippen LogP contribution < -0.4 is 5.06 Å². The number of esters is 2. The van der Waals surface area contributed by atoms with Crippen molar-refractivity contribution in [1.29, 1.82) is 0 Å². The standard InChI is InChI=1S/C23H23Cl2NO5/c1-3-29-21(27)18-19(22(28)30-4-2)23(18)13-31-26(15-8-6-5-7-9-15)20(23)16-11-10-14(24)12-17(16)25/h5-12,18-20H,3-4,13H2,1-2H3/t18-,19-,20-/m0/s1. The Hall–Kier alpha value is -2.28. The van der Waals surface area contributed by atoms with E-state index in [1.54, 1.807) is 31.0 Å². The average molecular weight is 464 g/mol. The lowest BCUT2D eigenvalue weighted by Crippen LogP contribution is -2.28. The van der Waals surface area contributed by atoms with Crippen LogP contribution in [0.1, 0.15) is 25.5 Å². The van der Waals surface area contributed by atoms with Gasteiger partial charge in [0.1, 0.15) is 0 Å². The number of carbonyl (C=O) groups is 2. The van der Waals surface area contributed by atoms with Crippen molar-refractivity contribution < 1.29 is 23.9 Å². The lowest BCUT2D eigenvalue weighted by atomic mass is 9.87. The van der Waals surface area contributed by atoms with E-state index < -0.39 is 35.2 Å². The molecule has 1 saturated heterocycles. The molecule has 4 rings (SSSR count). The molecule has 3 atom stereocenters. The van der Waals surface area contributed by atoms with Gasteiger partial charge >= 0.3 is 11.9 Å². The van der Waals surface area contributed by atoms with Gasteiger partial charge in [-0.05, 0) is 43.7 Å². The van der Waals surface area contributed by atoms with Crippen LogP contribution in [0.3, 0.4) is 0 Å². The minimum absolute atomic E-state index is 0.151. The smallest absolute Gasteiger partial charge is 0.310 e. The molecule has 2 aromatic carbocycles. The first-order chi connectivity index (χ1) is 15.0. The molecule has 31 heavy (non-hydrogen) atoms. The summed E-state index contributed by atoms with van der Waals surface area (Å²) < 4.78 is 10.6. The topological polar surface area (TPSA) is 65.1 Å². The zero-order valence-corrected chi connectivity index (χ0v) is 18.7. The van der Waals surface area contributed by atoms with Crippen LogP contribution in [0.4, 0.5) is 5.69 Å². The van der Waals surface area contributed by atoms with Gasteiger partial charge in [-0.25, -0.2) is 5.06 Å². The molecule has 1 saturated carbocycles. The molecule has 8 heteroatoms. The largest absolute Gasteiger partial charge is 0.466 e. The van der Waals surface area contributed by atoms with Gasteiger partial charge in [-0.15, -0.1) is 0 Å². The van der Waals surface area contributed by atoms with Crippen molar-refractivity contribution in [2.45, 2.75) is 19.9 Å². The summed E-state index contributed by atoms with van der Waals surface area (Å²) in [5.41, 5.74) is 0.632. The van der Waals surface area contributed by atoms with E-state index in [2.05, 4.69) is 0 Å². The molecule has 2 aliphatic rings. The minimum Gasteiger partial charge on any atom is -0.466 e. The maximum absolute atomic E-state index is 12.9. The predicted octanol–water partition coefficient (Wildman–Crippen LogP) is 4.84. The highest BCUT2D eigenvalue weighted by Crippen LogP contribution is 2.71. The fourth-order valence-electron chi connectivity index (χ4n) is 4.64. The zero-order valence-electron chi connectivity index (χ0n) is 17.2. The molecule has 0 amide bonds. The van der Waals surface area contributed by atoms with Crippen molar-refractivity contribution in [2.24, 2.45) is 17.3 Å². The number of anilines is 1. The van der Waals surface area contributed by atoms with E-state index in [1.165, 1.54) is 0 Å². The van der Waals surface area contributed by atoms with Gasteiger partial charge in [0.25, 0.3) is 0 Å². The Balaban J connectivity index is 1.84. The van der Waals surface area contributed by atoms with E-state index in [0.29, 0.717) is 15.6 Å². The van der Waals surface area contributed by atoms with Gasteiger partial charge in [-0.1, -0.05) is 47.5 Å². The van der Waals surface area contributed by atoms with Gasteiger partial charge in [-0.2, -0.15) is 0 Å². The third-order valence-corrected chi connectivity index (χ3v) is 6.49. The molecule has 1 aliphatic carbocycles. The number of hydrogen-bond donors (Lipinski definition) is 0. The van der Waals surface area contributed by atoms with E-state index in [0.717, 1.165) is 5.69 Å². The lowest BCUT2D eigenvalue weighted by molar-refractivity contribution is -0.150. The van der Waals surface area contributed by atoms with Crippen molar-refractivity contribution in [3.05, 3.63) is 64.1 Å². The highest BCUT2D eigenvalue weighted by Gasteiger charge is 2.80. The van der Waals surface area contributed by atoms with E-state index in [4.69, 9.17) is 37.5 Å². The van der Waals surface area contributed by atoms with E-state index in [-0.39, 0.29) is 19.8 Å². The Morgan fingerprint density at radius 3 is 2.19 bits per heavy atom. The maximum Gasteiger partial charge on any atom is 0.310 e. The first-order valence-electron chi connectivity index (χ1n) is 10.2. The van der Waals surface area contributed by atoms with Crippen LogP contribution in [-0.2, 0) is 23.9 Å². The van der Waals surface area contributed by atoms with Gasteiger partial charge < -0.3 is 9.47 Å². The molecular formula is C23H23Cl2NO5. The van der Waals surface area contributed by atoms with Crippen LogP contribution in [0.2, 0.25) is 10.0 Å². The monoisotopic (exact) mass is 463 g/mol. The van der Waals surface area contributed by atoms with Gasteiger partial charge in [0.2, 0.25) is 0 Å². The summed E-state index contributed by atoms with van der Waals surface area (Å²) in [5, 5.41) is 2.65. The molecule has 1 spiro atoms. The van der Waals surface area contributed by atoms with Crippen molar-refractivity contribution in [1.82, 2.24) is 0 Å². The summed E-state index contributed by atoms with van der Waals surface area (Å²) in [6, 6.07) is 14.2. The number of para-hydroxylation sites is 1. The molecule has 6 nitrogen and oxygen atoms in total. The second-order valence-electron chi connectivity index (χ2n) is 7.57. The molecule has 2 fully saturated rings. The fourth-order valence-corrected chi connectivity index (χ4v) is 5.16. The van der Waals surface area contributed by atoms with Gasteiger partial charge in [0.05, 0.1) is 48.8 Å². The van der Waals surface area contributed by atoms with Gasteiger partial charge in [0, 0.05) is 10.0 Å². The van der Waals surface area contributed by atoms with Crippen LogP contribution in [0, 0.1) is 17.3 Å². The molecule has 2 aromatic rings. The van der Waals surface area contributed by atoms with Crippen molar-refractivity contribution >= 4 is 40.8 Å². The Kier molecular flexibility index (Phi) is 6.15. The number of halogens is 2. The fraction of sp³-hybridized carbons (Fsp3) is 0.391. The van der Waals surface area contributed by atoms with Gasteiger partial charge in [0.15, 0.2) is 0 Å². The summed E-state index contributed by atoms with van der Waals surface area (Å²) in [6.45, 7) is 4.06. The molecule has 1 heterocycles. The van der Waals surface area contributed by atoms with Crippen molar-refractivity contribution in [2.75, 3.05) is 24.9 Å². The van der Waals surface area contributed by atoms with Crippen LogP contribution >= 0.6 is 23.2 Å². The zero-order chi connectivity index (χ0) is 22.2. The summed E-state index contributed by atoms with van der Waals surface area (Å²) >= 11 is 12.7. The van der Waals surface area contributed by atoms with Crippen LogP contribution in [0.15, 0.2) is 48.5 Å². The van der Waals surface area contributed by atoms with E-state index in [9.17, 15) is 9.59 Å². The highest BCUT2D eigenvalue weighted by molar-refractivity contribution is 6.35. The number of hydroxylamine groups is 1. The van der Waals surface area contributed by atoms with Crippen LogP contribution in [0.25, 0.3) is 0 Å². The molecule has 1 aliphatic heterocycles. The summed E-state index contributed by atoms with van der Waals surface area (Å²) in [6.07, 6.45) is 0. The number of nitrogens with zero attached hydrogens (tertiary/aromatic N) is 1. The number of carbonyl (C=O) groups excluding carboxylic acids is 2. The molecular weight excluding hydrogens is 441 g/mol. The summed E-state index contributed by atoms with van der Waals surface area (Å²) in [4.78, 5) is 31.9. The number of hydrogen-bond acceptors (Lipinski definition) is 6. The second kappa shape index (κ2) is 8.69. The third kappa shape index (κ3) is 3.67. The molecule has 0 N–H and O–H groups in total. The molecule has 0 aromatic heterocycles. The predicted molar refractivity (Wildman–Crippen MR) is 117 cm³/mol. The molecule has 0 unspecified atom stereocenters. The first-order valence-corrected chi connectivity index (χ1v) is 11.0.